The first-order valence-electron chi connectivity index (χ1n) is 8.64. The van der Waals surface area contributed by atoms with Crippen LogP contribution in [0.4, 0.5) is 4.79 Å². The van der Waals surface area contributed by atoms with E-state index in [4.69, 9.17) is 4.74 Å². The number of carbonyl (C=O) groups is 3. The Morgan fingerprint density at radius 1 is 1.21 bits per heavy atom. The lowest BCUT2D eigenvalue weighted by Crippen LogP contribution is -2.48. The second kappa shape index (κ2) is 8.89. The second-order valence-corrected chi connectivity index (χ2v) is 7.12. The molecule has 24 heavy (non-hydrogen) atoms. The van der Waals surface area contributed by atoms with E-state index in [2.05, 4.69) is 5.32 Å². The van der Waals surface area contributed by atoms with Gasteiger partial charge in [-0.2, -0.15) is 0 Å². The standard InChI is InChI=1S/C17H31N3O4/c1-6-24-16(23)19-10-7-14(8-11-19)18-15(22)9-12-20(13(2)21)17(3,4)5/h14H,6-12H2,1-5H3,(H,18,22). The van der Waals surface area contributed by atoms with E-state index in [0.717, 1.165) is 12.8 Å². The number of likely N-dealkylation sites (tertiary alicyclic amines) is 1. The fourth-order valence-corrected chi connectivity index (χ4v) is 2.90. The molecule has 138 valence electrons. The molecule has 0 atom stereocenters. The highest BCUT2D eigenvalue weighted by atomic mass is 16.6. The first kappa shape index (κ1) is 20.3. The fraction of sp³-hybridized carbons (Fsp3) is 0.824. The van der Waals surface area contributed by atoms with Crippen molar-refractivity contribution in [2.45, 2.75) is 65.5 Å². The molecule has 0 aromatic heterocycles. The molecule has 0 aliphatic carbocycles. The summed E-state index contributed by atoms with van der Waals surface area (Å²) in [4.78, 5) is 38.8. The van der Waals surface area contributed by atoms with Gasteiger partial charge in [0.2, 0.25) is 11.8 Å². The van der Waals surface area contributed by atoms with Crippen molar-refractivity contribution in [3.05, 3.63) is 0 Å². The van der Waals surface area contributed by atoms with Gasteiger partial charge in [0, 0.05) is 44.6 Å². The predicted molar refractivity (Wildman–Crippen MR) is 91.5 cm³/mol. The summed E-state index contributed by atoms with van der Waals surface area (Å²) in [5.41, 5.74) is -0.295. The number of carbonyl (C=O) groups excluding carboxylic acids is 3. The normalized spacial score (nSPS) is 15.8. The fourth-order valence-electron chi connectivity index (χ4n) is 2.90. The number of amides is 3. The van der Waals surface area contributed by atoms with Gasteiger partial charge in [-0.1, -0.05) is 0 Å². The molecule has 1 heterocycles. The molecule has 7 nitrogen and oxygen atoms in total. The first-order valence-corrected chi connectivity index (χ1v) is 8.64. The minimum Gasteiger partial charge on any atom is -0.450 e. The highest BCUT2D eigenvalue weighted by molar-refractivity contribution is 5.78. The average Bonchev–Trinajstić information content (AvgIpc) is 2.46. The summed E-state index contributed by atoms with van der Waals surface area (Å²) in [6, 6.07) is 0.0728. The van der Waals surface area contributed by atoms with E-state index < -0.39 is 0 Å². The topological polar surface area (TPSA) is 79.0 Å². The van der Waals surface area contributed by atoms with Crippen LogP contribution in [-0.2, 0) is 14.3 Å². The van der Waals surface area contributed by atoms with Gasteiger partial charge in [-0.15, -0.1) is 0 Å². The Morgan fingerprint density at radius 2 is 1.79 bits per heavy atom. The molecule has 0 bridgehead atoms. The van der Waals surface area contributed by atoms with E-state index in [1.54, 1.807) is 16.7 Å². The molecule has 0 unspecified atom stereocenters. The van der Waals surface area contributed by atoms with Gasteiger partial charge in [-0.05, 0) is 40.5 Å². The number of nitrogens with zero attached hydrogens (tertiary/aromatic N) is 2. The molecule has 0 spiro atoms. The molecule has 1 aliphatic rings. The number of nitrogens with one attached hydrogen (secondary N) is 1. The van der Waals surface area contributed by atoms with Gasteiger partial charge >= 0.3 is 6.09 Å². The number of piperidine rings is 1. The summed E-state index contributed by atoms with van der Waals surface area (Å²) >= 11 is 0. The van der Waals surface area contributed by atoms with Gasteiger partial charge in [0.1, 0.15) is 0 Å². The third-order valence-electron chi connectivity index (χ3n) is 4.14. The monoisotopic (exact) mass is 341 g/mol. The molecule has 3 amide bonds. The van der Waals surface area contributed by atoms with Gasteiger partial charge in [-0.25, -0.2) is 4.79 Å². The molecule has 1 fully saturated rings. The molecule has 1 N–H and O–H groups in total. The van der Waals surface area contributed by atoms with Crippen LogP contribution in [0.25, 0.3) is 0 Å². The van der Waals surface area contributed by atoms with Gasteiger partial charge < -0.3 is 19.9 Å². The van der Waals surface area contributed by atoms with Crippen LogP contribution in [0, 0.1) is 0 Å². The summed E-state index contributed by atoms with van der Waals surface area (Å²) < 4.78 is 4.98. The molecule has 7 heteroatoms. The summed E-state index contributed by atoms with van der Waals surface area (Å²) in [5.74, 6) is -0.0851. The Bertz CT molecular complexity index is 451. The van der Waals surface area contributed by atoms with Crippen molar-refractivity contribution < 1.29 is 19.1 Å². The Labute approximate surface area is 144 Å². The Morgan fingerprint density at radius 3 is 2.25 bits per heavy atom. The number of hydrogen-bond acceptors (Lipinski definition) is 4. The lowest BCUT2D eigenvalue weighted by atomic mass is 10.0. The smallest absolute Gasteiger partial charge is 0.409 e. The quantitative estimate of drug-likeness (QED) is 0.826. The molecular weight excluding hydrogens is 310 g/mol. The largest absolute Gasteiger partial charge is 0.450 e. The van der Waals surface area contributed by atoms with Crippen LogP contribution in [-0.4, -0.2) is 65.5 Å². The number of rotatable bonds is 5. The van der Waals surface area contributed by atoms with E-state index >= 15 is 0 Å². The molecule has 1 aliphatic heterocycles. The Hall–Kier alpha value is -1.79. The predicted octanol–water partition coefficient (Wildman–Crippen LogP) is 1.76. The highest BCUT2D eigenvalue weighted by Gasteiger charge is 2.26. The molecular formula is C17H31N3O4. The van der Waals surface area contributed by atoms with Crippen molar-refractivity contribution in [1.82, 2.24) is 15.1 Å². The van der Waals surface area contributed by atoms with Crippen molar-refractivity contribution in [3.63, 3.8) is 0 Å². The second-order valence-electron chi connectivity index (χ2n) is 7.12. The average molecular weight is 341 g/mol. The number of ether oxygens (including phenoxy) is 1. The zero-order valence-electron chi connectivity index (χ0n) is 15.6. The zero-order valence-corrected chi connectivity index (χ0v) is 15.6. The van der Waals surface area contributed by atoms with E-state index in [1.807, 2.05) is 20.8 Å². The summed E-state index contributed by atoms with van der Waals surface area (Å²) in [6.45, 7) is 11.1. The maximum absolute atomic E-state index is 12.1. The van der Waals surface area contributed by atoms with E-state index in [0.29, 0.717) is 26.2 Å². The Kier molecular flexibility index (Phi) is 7.51. The third-order valence-corrected chi connectivity index (χ3v) is 4.14. The van der Waals surface area contributed by atoms with Crippen molar-refractivity contribution in [2.75, 3.05) is 26.2 Å². The van der Waals surface area contributed by atoms with Crippen molar-refractivity contribution in [1.29, 1.82) is 0 Å². The van der Waals surface area contributed by atoms with Crippen molar-refractivity contribution in [3.8, 4) is 0 Å². The van der Waals surface area contributed by atoms with Crippen LogP contribution in [0.1, 0.15) is 53.9 Å². The Balaban J connectivity index is 2.37. The van der Waals surface area contributed by atoms with Crippen LogP contribution in [0.5, 0.6) is 0 Å². The maximum Gasteiger partial charge on any atom is 0.409 e. The van der Waals surface area contributed by atoms with E-state index in [9.17, 15) is 14.4 Å². The van der Waals surface area contributed by atoms with Crippen LogP contribution in [0.15, 0.2) is 0 Å². The molecule has 0 aromatic carbocycles. The van der Waals surface area contributed by atoms with Crippen LogP contribution in [0.2, 0.25) is 0 Å². The SMILES string of the molecule is CCOC(=O)N1CCC(NC(=O)CCN(C(C)=O)C(C)(C)C)CC1. The molecule has 0 radical (unpaired) electrons. The van der Waals surface area contributed by atoms with Crippen molar-refractivity contribution >= 4 is 17.9 Å². The lowest BCUT2D eigenvalue weighted by molar-refractivity contribution is -0.134. The van der Waals surface area contributed by atoms with Gasteiger partial charge in [-0.3, -0.25) is 9.59 Å². The van der Waals surface area contributed by atoms with Gasteiger partial charge in [0.15, 0.2) is 0 Å². The van der Waals surface area contributed by atoms with E-state index in [1.165, 1.54) is 6.92 Å². The summed E-state index contributed by atoms with van der Waals surface area (Å²) in [7, 11) is 0. The minimum atomic E-state index is -0.295. The summed E-state index contributed by atoms with van der Waals surface area (Å²) in [5, 5.41) is 3.00. The molecule has 0 aromatic rings. The molecule has 1 saturated heterocycles. The van der Waals surface area contributed by atoms with Crippen LogP contribution < -0.4 is 5.32 Å². The van der Waals surface area contributed by atoms with Crippen molar-refractivity contribution in [2.24, 2.45) is 0 Å². The molecule has 1 rings (SSSR count). The third kappa shape index (κ3) is 6.37. The lowest BCUT2D eigenvalue weighted by Gasteiger charge is -2.35. The zero-order chi connectivity index (χ0) is 18.3. The van der Waals surface area contributed by atoms with Crippen LogP contribution in [0.3, 0.4) is 0 Å². The maximum atomic E-state index is 12.1. The van der Waals surface area contributed by atoms with Crippen LogP contribution >= 0.6 is 0 Å². The van der Waals surface area contributed by atoms with E-state index in [-0.39, 0.29) is 35.9 Å². The molecule has 0 saturated carbocycles. The van der Waals surface area contributed by atoms with Gasteiger partial charge in [0.05, 0.1) is 6.61 Å². The van der Waals surface area contributed by atoms with Gasteiger partial charge in [0.25, 0.3) is 0 Å². The summed E-state index contributed by atoms with van der Waals surface area (Å²) in [6.07, 6.45) is 1.44. The minimum absolute atomic E-state index is 0.0296. The first-order chi connectivity index (χ1) is 11.1. The highest BCUT2D eigenvalue weighted by Crippen LogP contribution is 2.15. The number of hydrogen-bond donors (Lipinski definition) is 1.